The lowest BCUT2D eigenvalue weighted by Crippen LogP contribution is -2.31. The van der Waals surface area contributed by atoms with E-state index in [9.17, 15) is 4.79 Å². The van der Waals surface area contributed by atoms with Gasteiger partial charge in [-0.2, -0.15) is 0 Å². The molecule has 2 aromatic carbocycles. The molecule has 0 bridgehead atoms. The average molecular weight is 373 g/mol. The zero-order valence-corrected chi connectivity index (χ0v) is 15.9. The Labute approximate surface area is 155 Å². The van der Waals surface area contributed by atoms with E-state index in [2.05, 4.69) is 4.98 Å². The third-order valence-electron chi connectivity index (χ3n) is 3.63. The molecule has 0 aliphatic rings. The Morgan fingerprint density at radius 1 is 1.16 bits per heavy atom. The van der Waals surface area contributed by atoms with E-state index in [4.69, 9.17) is 4.74 Å². The fraction of sp³-hybridized carbons (Fsp3) is 0.263. The molecule has 0 unspecified atom stereocenters. The van der Waals surface area contributed by atoms with E-state index in [0.717, 1.165) is 26.0 Å². The van der Waals surface area contributed by atoms with Crippen molar-refractivity contribution < 1.29 is 9.53 Å². The number of carbonyl (C=O) groups is 1. The maximum absolute atomic E-state index is 12.6. The zero-order chi connectivity index (χ0) is 17.6. The molecule has 130 valence electrons. The third kappa shape index (κ3) is 4.32. The molecule has 0 aliphatic heterocycles. The molecule has 0 radical (unpaired) electrons. The summed E-state index contributed by atoms with van der Waals surface area (Å²) in [7, 11) is 0. The number of hydrogen-bond acceptors (Lipinski definition) is 5. The summed E-state index contributed by atoms with van der Waals surface area (Å²) in [5.41, 5.74) is 0.938. The Balaban J connectivity index is 1.65. The number of aromatic nitrogens is 1. The van der Waals surface area contributed by atoms with Crippen LogP contribution in [0.2, 0.25) is 0 Å². The molecular weight excluding hydrogens is 352 g/mol. The smallest absolute Gasteiger partial charge is 0.239 e. The monoisotopic (exact) mass is 372 g/mol. The van der Waals surface area contributed by atoms with Gasteiger partial charge in [-0.15, -0.1) is 11.8 Å². The van der Waals surface area contributed by atoms with E-state index >= 15 is 0 Å². The van der Waals surface area contributed by atoms with Gasteiger partial charge in [0.1, 0.15) is 5.75 Å². The molecule has 0 saturated heterocycles. The maximum Gasteiger partial charge on any atom is 0.239 e. The number of fused-ring (bicyclic) bond motifs is 1. The minimum atomic E-state index is 0.0699. The third-order valence-corrected chi connectivity index (χ3v) is 5.68. The van der Waals surface area contributed by atoms with Crippen LogP contribution in [0, 0.1) is 0 Å². The van der Waals surface area contributed by atoms with Crippen LogP contribution < -0.4 is 9.64 Å². The first-order chi connectivity index (χ1) is 12.2. The van der Waals surface area contributed by atoms with E-state index in [-0.39, 0.29) is 5.91 Å². The van der Waals surface area contributed by atoms with Gasteiger partial charge in [0.2, 0.25) is 5.91 Å². The van der Waals surface area contributed by atoms with Crippen LogP contribution in [0.1, 0.15) is 13.8 Å². The lowest BCUT2D eigenvalue weighted by molar-refractivity contribution is -0.116. The SMILES string of the molecule is CCOc1ccc(SCC(=O)N(CC)c2nc3ccccc3s2)cc1. The Morgan fingerprint density at radius 2 is 1.92 bits per heavy atom. The Kier molecular flexibility index (Phi) is 5.94. The predicted molar refractivity (Wildman–Crippen MR) is 106 cm³/mol. The van der Waals surface area contributed by atoms with Gasteiger partial charge in [0.05, 0.1) is 22.6 Å². The molecule has 4 nitrogen and oxygen atoms in total. The quantitative estimate of drug-likeness (QED) is 0.557. The number of benzene rings is 2. The van der Waals surface area contributed by atoms with Gasteiger partial charge >= 0.3 is 0 Å². The van der Waals surface area contributed by atoms with Crippen molar-refractivity contribution in [2.75, 3.05) is 23.8 Å². The normalized spacial score (nSPS) is 10.8. The van der Waals surface area contributed by atoms with Crippen LogP contribution in [0.15, 0.2) is 53.4 Å². The van der Waals surface area contributed by atoms with Gasteiger partial charge in [0, 0.05) is 11.4 Å². The summed E-state index contributed by atoms with van der Waals surface area (Å²) in [5, 5.41) is 0.765. The van der Waals surface area contributed by atoms with Gasteiger partial charge in [-0.05, 0) is 50.2 Å². The minimum Gasteiger partial charge on any atom is -0.494 e. The molecule has 3 aromatic rings. The molecule has 1 amide bonds. The van der Waals surface area contributed by atoms with E-state index < -0.39 is 0 Å². The van der Waals surface area contributed by atoms with Crippen molar-refractivity contribution in [2.24, 2.45) is 0 Å². The van der Waals surface area contributed by atoms with Crippen molar-refractivity contribution in [3.05, 3.63) is 48.5 Å². The second-order valence-corrected chi connectivity index (χ2v) is 7.35. The van der Waals surface area contributed by atoms with Crippen LogP contribution in [0.4, 0.5) is 5.13 Å². The van der Waals surface area contributed by atoms with Gasteiger partial charge in [-0.25, -0.2) is 4.98 Å². The number of rotatable bonds is 7. The summed E-state index contributed by atoms with van der Waals surface area (Å²) in [6, 6.07) is 15.8. The molecule has 0 N–H and O–H groups in total. The molecule has 1 aromatic heterocycles. The van der Waals surface area contributed by atoms with Gasteiger partial charge in [-0.1, -0.05) is 23.5 Å². The highest BCUT2D eigenvalue weighted by molar-refractivity contribution is 8.00. The molecule has 3 rings (SSSR count). The lowest BCUT2D eigenvalue weighted by atomic mass is 10.3. The largest absolute Gasteiger partial charge is 0.494 e. The molecule has 25 heavy (non-hydrogen) atoms. The number of anilines is 1. The molecule has 6 heteroatoms. The van der Waals surface area contributed by atoms with Crippen LogP contribution in [-0.4, -0.2) is 29.8 Å². The zero-order valence-electron chi connectivity index (χ0n) is 14.3. The van der Waals surface area contributed by atoms with Crippen LogP contribution in [-0.2, 0) is 4.79 Å². The summed E-state index contributed by atoms with van der Waals surface area (Å²) < 4.78 is 6.54. The summed E-state index contributed by atoms with van der Waals surface area (Å²) in [6.45, 7) is 5.20. The van der Waals surface area contributed by atoms with Crippen molar-refractivity contribution in [1.29, 1.82) is 0 Å². The molecule has 1 heterocycles. The summed E-state index contributed by atoms with van der Waals surface area (Å²) in [6.07, 6.45) is 0. The standard InChI is InChI=1S/C19H20N2O2S2/c1-3-21(19-20-16-7-5-6-8-17(16)25-19)18(22)13-24-15-11-9-14(10-12-15)23-4-2/h5-12H,3-4,13H2,1-2H3. The van der Waals surface area contributed by atoms with E-state index in [1.165, 1.54) is 11.8 Å². The maximum atomic E-state index is 12.6. The molecular formula is C19H20N2O2S2. The molecule has 0 fully saturated rings. The van der Waals surface area contributed by atoms with Crippen LogP contribution in [0.25, 0.3) is 10.2 Å². The average Bonchev–Trinajstić information content (AvgIpc) is 3.05. The fourth-order valence-electron chi connectivity index (χ4n) is 2.42. The Hall–Kier alpha value is -2.05. The second kappa shape index (κ2) is 8.36. The molecule has 0 atom stereocenters. The van der Waals surface area contributed by atoms with Gasteiger partial charge < -0.3 is 4.74 Å². The first-order valence-electron chi connectivity index (χ1n) is 8.23. The first-order valence-corrected chi connectivity index (χ1v) is 10.0. The van der Waals surface area contributed by atoms with E-state index in [1.54, 1.807) is 16.2 Å². The number of thioether (sulfide) groups is 1. The van der Waals surface area contributed by atoms with Crippen molar-refractivity contribution in [3.63, 3.8) is 0 Å². The number of nitrogens with zero attached hydrogens (tertiary/aromatic N) is 2. The number of ether oxygens (including phenoxy) is 1. The minimum absolute atomic E-state index is 0.0699. The summed E-state index contributed by atoms with van der Waals surface area (Å²) >= 11 is 3.09. The highest BCUT2D eigenvalue weighted by atomic mass is 32.2. The summed E-state index contributed by atoms with van der Waals surface area (Å²) in [5.74, 6) is 1.31. The van der Waals surface area contributed by atoms with Gasteiger partial charge in [0.25, 0.3) is 0 Å². The highest BCUT2D eigenvalue weighted by Gasteiger charge is 2.18. The molecule has 0 saturated carbocycles. The number of thiazole rings is 1. The summed E-state index contributed by atoms with van der Waals surface area (Å²) in [4.78, 5) is 20.0. The van der Waals surface area contributed by atoms with Crippen LogP contribution >= 0.6 is 23.1 Å². The van der Waals surface area contributed by atoms with E-state index in [0.29, 0.717) is 18.9 Å². The van der Waals surface area contributed by atoms with Crippen molar-refractivity contribution >= 4 is 44.4 Å². The Morgan fingerprint density at radius 3 is 2.60 bits per heavy atom. The molecule has 0 spiro atoms. The first kappa shape index (κ1) is 17.8. The van der Waals surface area contributed by atoms with Crippen molar-refractivity contribution in [1.82, 2.24) is 4.98 Å². The fourth-order valence-corrected chi connectivity index (χ4v) is 4.24. The second-order valence-electron chi connectivity index (χ2n) is 5.30. The lowest BCUT2D eigenvalue weighted by Gasteiger charge is -2.17. The highest BCUT2D eigenvalue weighted by Crippen LogP contribution is 2.29. The topological polar surface area (TPSA) is 42.4 Å². The van der Waals surface area contributed by atoms with Crippen LogP contribution in [0.5, 0.6) is 5.75 Å². The van der Waals surface area contributed by atoms with Crippen molar-refractivity contribution in [2.45, 2.75) is 18.7 Å². The van der Waals surface area contributed by atoms with Crippen LogP contribution in [0.3, 0.4) is 0 Å². The van der Waals surface area contributed by atoms with Crippen molar-refractivity contribution in [3.8, 4) is 5.75 Å². The molecule has 0 aliphatic carbocycles. The number of hydrogen-bond donors (Lipinski definition) is 0. The Bertz CT molecular complexity index is 813. The van der Waals surface area contributed by atoms with Gasteiger partial charge in [-0.3, -0.25) is 9.69 Å². The predicted octanol–water partition coefficient (Wildman–Crippen LogP) is 4.84. The van der Waals surface area contributed by atoms with E-state index in [1.807, 2.05) is 62.4 Å². The van der Waals surface area contributed by atoms with Gasteiger partial charge in [0.15, 0.2) is 5.13 Å². The number of carbonyl (C=O) groups excluding carboxylic acids is 1. The number of para-hydroxylation sites is 1. The number of amides is 1.